The summed E-state index contributed by atoms with van der Waals surface area (Å²) in [6.45, 7) is 7.15. The molecule has 0 fully saturated rings. The maximum Gasteiger partial charge on any atom is 2.00 e. The van der Waals surface area contributed by atoms with E-state index in [1.54, 1.807) is 27.7 Å². The van der Waals surface area contributed by atoms with E-state index in [9.17, 15) is 9.59 Å². The first kappa shape index (κ1) is 22.2. The Kier molecular flexibility index (Phi) is 18.4. The average Bonchev–Trinajstić information content (AvgIpc) is 2.16. The molecule has 0 heterocycles. The minimum absolute atomic E-state index is 0. The van der Waals surface area contributed by atoms with Crippen molar-refractivity contribution < 1.29 is 38.5 Å². The zero-order chi connectivity index (χ0) is 13.1. The number of hydrogen-bond acceptors (Lipinski definition) is 6. The van der Waals surface area contributed by atoms with Crippen LogP contribution in [0, 0.1) is 11.5 Å². The fourth-order valence-corrected chi connectivity index (χ4v) is 0.647. The van der Waals surface area contributed by atoms with Crippen LogP contribution in [0.4, 0.5) is 0 Å². The van der Waals surface area contributed by atoms with Crippen molar-refractivity contribution in [1.82, 2.24) is 0 Å². The molecule has 96 valence electrons. The molecule has 0 aliphatic heterocycles. The summed E-state index contributed by atoms with van der Waals surface area (Å²) >= 11 is 7.18. The molecule has 0 saturated carbocycles. The molecule has 0 aliphatic rings. The first-order valence-corrected chi connectivity index (χ1v) is 5.72. The second kappa shape index (κ2) is 14.1. The Morgan fingerprint density at radius 3 is 1.18 bits per heavy atom. The monoisotopic (exact) mass is 330 g/mol. The van der Waals surface area contributed by atoms with Gasteiger partial charge in [0.2, 0.25) is 0 Å². The zero-order valence-electron chi connectivity index (χ0n) is 10.5. The maximum atomic E-state index is 10.3. The number of thiol groups is 2. The molecule has 0 unspecified atom stereocenters. The van der Waals surface area contributed by atoms with Crippen LogP contribution < -0.4 is 0 Å². The molecule has 0 atom stereocenters. The van der Waals surface area contributed by atoms with Crippen molar-refractivity contribution >= 4 is 37.2 Å². The number of carbonyl (C=O) groups is 2. The van der Waals surface area contributed by atoms with Gasteiger partial charge in [-0.15, -0.1) is 0 Å². The van der Waals surface area contributed by atoms with Crippen LogP contribution >= 0.6 is 25.3 Å². The van der Waals surface area contributed by atoms with Crippen LogP contribution in [-0.4, -0.2) is 24.1 Å². The molecule has 0 amide bonds. The van der Waals surface area contributed by atoms with E-state index in [0.29, 0.717) is 0 Å². The summed E-state index contributed by atoms with van der Waals surface area (Å²) in [7, 11) is 0. The van der Waals surface area contributed by atoms with Gasteiger partial charge in [-0.1, -0.05) is 0 Å². The third-order valence-corrected chi connectivity index (χ3v) is 1.34. The molecule has 0 aromatic carbocycles. The topological polar surface area (TPSA) is 52.6 Å². The minimum Gasteiger partial charge on any atom is -0.485 e. The largest absolute Gasteiger partial charge is 2.00 e. The van der Waals surface area contributed by atoms with Crippen molar-refractivity contribution in [2.45, 2.75) is 39.9 Å². The predicted octanol–water partition coefficient (Wildman–Crippen LogP) is 2.06. The van der Waals surface area contributed by atoms with E-state index >= 15 is 0 Å². The van der Waals surface area contributed by atoms with Crippen LogP contribution in [0.25, 0.3) is 0 Å². The third-order valence-electron chi connectivity index (χ3n) is 0.915. The van der Waals surface area contributed by atoms with Crippen LogP contribution in [-0.2, 0) is 38.5 Å². The second-order valence-corrected chi connectivity index (χ2v) is 3.75. The standard InChI is InChI=1S/2C5H9O2S.Zn/c2*1-4(2)7-5(6)3-8;/h2*3-4,8H,1-2H3;/q2*-1;+2. The van der Waals surface area contributed by atoms with Gasteiger partial charge in [-0.2, -0.15) is 0 Å². The van der Waals surface area contributed by atoms with E-state index < -0.39 is 0 Å². The third kappa shape index (κ3) is 21.8. The molecule has 0 saturated heterocycles. The minimum atomic E-state index is -0.386. The number of ether oxygens (including phenoxy) is 2. The van der Waals surface area contributed by atoms with Gasteiger partial charge in [0.25, 0.3) is 0 Å². The molecule has 0 aromatic rings. The normalized spacial score (nSPS) is 8.47. The van der Waals surface area contributed by atoms with Crippen LogP contribution in [0.5, 0.6) is 0 Å². The van der Waals surface area contributed by atoms with Crippen molar-refractivity contribution in [3.63, 3.8) is 0 Å². The van der Waals surface area contributed by atoms with E-state index in [2.05, 4.69) is 34.7 Å². The van der Waals surface area contributed by atoms with Gasteiger partial charge in [0.05, 0.1) is 12.2 Å². The summed E-state index contributed by atoms with van der Waals surface area (Å²) in [5.41, 5.74) is 0. The molecule has 17 heavy (non-hydrogen) atoms. The quantitative estimate of drug-likeness (QED) is 0.358. The Morgan fingerprint density at radius 2 is 1.12 bits per heavy atom. The van der Waals surface area contributed by atoms with Gasteiger partial charge < -0.3 is 34.7 Å². The maximum absolute atomic E-state index is 10.3. The van der Waals surface area contributed by atoms with Crippen molar-refractivity contribution in [2.75, 3.05) is 0 Å². The van der Waals surface area contributed by atoms with Crippen LogP contribution in [0.15, 0.2) is 0 Å². The molecule has 0 radical (unpaired) electrons. The van der Waals surface area contributed by atoms with E-state index in [0.717, 1.165) is 11.5 Å². The first-order chi connectivity index (χ1) is 7.33. The first-order valence-electron chi connectivity index (χ1n) is 4.69. The summed E-state index contributed by atoms with van der Waals surface area (Å²) in [5.74, 6) is 1.42. The van der Waals surface area contributed by atoms with Crippen molar-refractivity contribution in [1.29, 1.82) is 0 Å². The van der Waals surface area contributed by atoms with Crippen molar-refractivity contribution in [3.05, 3.63) is 11.5 Å². The molecule has 0 N–H and O–H groups in total. The SMILES string of the molecule is CC(C)OC(=O)[CH-]S.CC(C)OC(=O)[CH-]S.[Zn+2]. The molecule has 0 aliphatic carbocycles. The van der Waals surface area contributed by atoms with Gasteiger partial charge in [-0.3, -0.25) is 9.59 Å². The molecule has 0 rings (SSSR count). The van der Waals surface area contributed by atoms with Crippen LogP contribution in [0.3, 0.4) is 0 Å². The Bertz CT molecular complexity index is 188. The second-order valence-electron chi connectivity index (χ2n) is 3.23. The smallest absolute Gasteiger partial charge is 0.485 e. The Hall–Kier alpha value is 0.00338. The Balaban J connectivity index is -0.000000218. The molecule has 0 aromatic heterocycles. The summed E-state index contributed by atoms with van der Waals surface area (Å²) in [5, 5.41) is 0. The Morgan fingerprint density at radius 1 is 0.882 bits per heavy atom. The molecule has 4 nitrogen and oxygen atoms in total. The van der Waals surface area contributed by atoms with Gasteiger partial charge in [-0.05, 0) is 27.7 Å². The van der Waals surface area contributed by atoms with Gasteiger partial charge >= 0.3 is 19.5 Å². The molecule has 0 spiro atoms. The van der Waals surface area contributed by atoms with E-state index in [4.69, 9.17) is 0 Å². The average molecular weight is 332 g/mol. The molecule has 0 bridgehead atoms. The summed E-state index contributed by atoms with van der Waals surface area (Å²) in [4.78, 5) is 20.5. The van der Waals surface area contributed by atoms with Crippen LogP contribution in [0.2, 0.25) is 0 Å². The zero-order valence-corrected chi connectivity index (χ0v) is 15.3. The van der Waals surface area contributed by atoms with Crippen molar-refractivity contribution in [3.8, 4) is 0 Å². The summed E-state index contributed by atoms with van der Waals surface area (Å²) < 4.78 is 9.26. The number of rotatable bonds is 4. The van der Waals surface area contributed by atoms with E-state index in [1.807, 2.05) is 0 Å². The summed E-state index contributed by atoms with van der Waals surface area (Å²) in [6, 6.07) is 0. The van der Waals surface area contributed by atoms with Crippen LogP contribution in [0.1, 0.15) is 27.7 Å². The molecular formula is C10H18O4S2Zn. The van der Waals surface area contributed by atoms with Gasteiger partial charge in [0.15, 0.2) is 11.9 Å². The number of hydrogen-bond donors (Lipinski definition) is 2. The van der Waals surface area contributed by atoms with Gasteiger partial charge in [-0.25, -0.2) is 11.5 Å². The fourth-order valence-electron chi connectivity index (χ4n) is 0.525. The van der Waals surface area contributed by atoms with E-state index in [1.165, 1.54) is 0 Å². The summed E-state index contributed by atoms with van der Waals surface area (Å²) in [6.07, 6.45) is -0.100. The molecule has 7 heteroatoms. The van der Waals surface area contributed by atoms with Gasteiger partial charge in [0.1, 0.15) is 0 Å². The number of carbonyl (C=O) groups excluding carboxylic acids is 2. The Labute approximate surface area is 127 Å². The molecular weight excluding hydrogens is 314 g/mol. The van der Waals surface area contributed by atoms with Crippen molar-refractivity contribution in [2.24, 2.45) is 0 Å². The number of esters is 2. The van der Waals surface area contributed by atoms with Gasteiger partial charge in [0, 0.05) is 0 Å². The fraction of sp³-hybridized carbons (Fsp3) is 0.600. The predicted molar refractivity (Wildman–Crippen MR) is 69.0 cm³/mol. The van der Waals surface area contributed by atoms with E-state index in [-0.39, 0.29) is 43.6 Å².